The molecule has 1 aromatic rings. The van der Waals surface area contributed by atoms with Crippen LogP contribution >= 0.6 is 11.6 Å². The SMILES string of the molecule is CCC(CC)(CN)C(=O)Nc1cc(Cl)ccc1N(C)C. The Morgan fingerprint density at radius 3 is 2.40 bits per heavy atom. The van der Waals surface area contributed by atoms with Crippen molar-refractivity contribution in [1.82, 2.24) is 0 Å². The zero-order chi connectivity index (χ0) is 15.3. The number of anilines is 2. The zero-order valence-corrected chi connectivity index (χ0v) is 13.4. The average Bonchev–Trinajstić information content (AvgIpc) is 2.41. The Balaban J connectivity index is 3.09. The quantitative estimate of drug-likeness (QED) is 0.848. The van der Waals surface area contributed by atoms with E-state index < -0.39 is 5.41 Å². The summed E-state index contributed by atoms with van der Waals surface area (Å²) in [5.74, 6) is -0.0460. The summed E-state index contributed by atoms with van der Waals surface area (Å²) in [6, 6.07) is 5.46. The number of hydrogen-bond acceptors (Lipinski definition) is 3. The van der Waals surface area contributed by atoms with E-state index in [1.165, 1.54) is 0 Å². The third-order valence-corrected chi connectivity index (χ3v) is 4.15. The fourth-order valence-corrected chi connectivity index (χ4v) is 2.38. The monoisotopic (exact) mass is 297 g/mol. The third kappa shape index (κ3) is 3.44. The molecule has 5 heteroatoms. The van der Waals surface area contributed by atoms with Crippen molar-refractivity contribution < 1.29 is 4.79 Å². The van der Waals surface area contributed by atoms with Crippen LogP contribution in [-0.2, 0) is 4.79 Å². The molecule has 0 aliphatic carbocycles. The van der Waals surface area contributed by atoms with Crippen LogP contribution in [0.5, 0.6) is 0 Å². The normalized spacial score (nSPS) is 11.3. The van der Waals surface area contributed by atoms with Gasteiger partial charge in [-0.3, -0.25) is 4.79 Å². The standard InChI is InChI=1S/C15H24ClN3O/c1-5-15(6-2,10-17)14(20)18-12-9-11(16)7-8-13(12)19(3)4/h7-9H,5-6,10,17H2,1-4H3,(H,18,20). The van der Waals surface area contributed by atoms with Crippen molar-refractivity contribution in [3.8, 4) is 0 Å². The smallest absolute Gasteiger partial charge is 0.231 e. The van der Waals surface area contributed by atoms with Gasteiger partial charge in [-0.1, -0.05) is 25.4 Å². The number of amides is 1. The number of benzene rings is 1. The van der Waals surface area contributed by atoms with Crippen LogP contribution in [0, 0.1) is 5.41 Å². The Labute approximate surface area is 126 Å². The molecule has 20 heavy (non-hydrogen) atoms. The van der Waals surface area contributed by atoms with E-state index in [0.29, 0.717) is 30.1 Å². The van der Waals surface area contributed by atoms with Crippen molar-refractivity contribution in [2.75, 3.05) is 30.9 Å². The molecule has 1 rings (SSSR count). The molecule has 0 radical (unpaired) electrons. The molecule has 3 N–H and O–H groups in total. The molecule has 0 heterocycles. The summed E-state index contributed by atoms with van der Waals surface area (Å²) < 4.78 is 0. The van der Waals surface area contributed by atoms with E-state index in [1.807, 2.05) is 45.0 Å². The van der Waals surface area contributed by atoms with Gasteiger partial charge in [0.1, 0.15) is 0 Å². The number of nitrogens with two attached hydrogens (primary N) is 1. The molecule has 1 aromatic carbocycles. The third-order valence-electron chi connectivity index (χ3n) is 3.91. The lowest BCUT2D eigenvalue weighted by Gasteiger charge is -2.29. The topological polar surface area (TPSA) is 58.4 Å². The van der Waals surface area contributed by atoms with E-state index in [2.05, 4.69) is 5.32 Å². The van der Waals surface area contributed by atoms with Gasteiger partial charge in [0.25, 0.3) is 0 Å². The fraction of sp³-hybridized carbons (Fsp3) is 0.533. The average molecular weight is 298 g/mol. The van der Waals surface area contributed by atoms with E-state index in [-0.39, 0.29) is 5.91 Å². The first-order chi connectivity index (χ1) is 9.40. The van der Waals surface area contributed by atoms with Crippen LogP contribution in [0.15, 0.2) is 18.2 Å². The maximum absolute atomic E-state index is 12.6. The second-order valence-electron chi connectivity index (χ2n) is 5.20. The van der Waals surface area contributed by atoms with Gasteiger partial charge in [0.15, 0.2) is 0 Å². The first-order valence-corrected chi connectivity index (χ1v) is 7.26. The van der Waals surface area contributed by atoms with Gasteiger partial charge < -0.3 is 16.0 Å². The predicted octanol–water partition coefficient (Wildman–Crippen LogP) is 3.11. The summed E-state index contributed by atoms with van der Waals surface area (Å²) in [6.45, 7) is 4.31. The van der Waals surface area contributed by atoms with Gasteiger partial charge >= 0.3 is 0 Å². The number of nitrogens with zero attached hydrogens (tertiary/aromatic N) is 1. The van der Waals surface area contributed by atoms with Crippen LogP contribution in [0.2, 0.25) is 5.02 Å². The van der Waals surface area contributed by atoms with E-state index in [0.717, 1.165) is 5.69 Å². The van der Waals surface area contributed by atoms with Gasteiger partial charge in [0.2, 0.25) is 5.91 Å². The number of halogens is 1. The van der Waals surface area contributed by atoms with E-state index in [1.54, 1.807) is 6.07 Å². The van der Waals surface area contributed by atoms with Crippen molar-refractivity contribution in [3.63, 3.8) is 0 Å². The van der Waals surface area contributed by atoms with Crippen molar-refractivity contribution in [1.29, 1.82) is 0 Å². The molecule has 0 aliphatic heterocycles. The molecule has 0 unspecified atom stereocenters. The highest BCUT2D eigenvalue weighted by Gasteiger charge is 2.33. The number of nitrogens with one attached hydrogen (secondary N) is 1. The fourth-order valence-electron chi connectivity index (χ4n) is 2.21. The number of rotatable bonds is 6. The van der Waals surface area contributed by atoms with Crippen LogP contribution in [0.25, 0.3) is 0 Å². The summed E-state index contributed by atoms with van der Waals surface area (Å²) in [5, 5.41) is 3.58. The maximum atomic E-state index is 12.6. The molecular formula is C15H24ClN3O. The Bertz CT molecular complexity index is 462. The molecule has 0 saturated heterocycles. The highest BCUT2D eigenvalue weighted by atomic mass is 35.5. The van der Waals surface area contributed by atoms with Crippen LogP contribution in [0.1, 0.15) is 26.7 Å². The van der Waals surface area contributed by atoms with E-state index in [9.17, 15) is 4.79 Å². The van der Waals surface area contributed by atoms with Crippen LogP contribution in [0.3, 0.4) is 0 Å². The molecule has 0 fully saturated rings. The Hall–Kier alpha value is -1.26. The van der Waals surface area contributed by atoms with Crippen molar-refractivity contribution >= 4 is 28.9 Å². The molecule has 0 saturated carbocycles. The van der Waals surface area contributed by atoms with Gasteiger partial charge in [-0.2, -0.15) is 0 Å². The number of hydrogen-bond donors (Lipinski definition) is 2. The van der Waals surface area contributed by atoms with Gasteiger partial charge in [-0.25, -0.2) is 0 Å². The minimum Gasteiger partial charge on any atom is -0.376 e. The van der Waals surface area contributed by atoms with Gasteiger partial charge in [0.05, 0.1) is 16.8 Å². The van der Waals surface area contributed by atoms with Gasteiger partial charge in [-0.05, 0) is 31.0 Å². The number of carbonyl (C=O) groups is 1. The molecule has 0 aliphatic rings. The predicted molar refractivity (Wildman–Crippen MR) is 86.5 cm³/mol. The minimum absolute atomic E-state index is 0.0460. The summed E-state index contributed by atoms with van der Waals surface area (Å²) in [6.07, 6.45) is 1.42. The molecule has 0 atom stereocenters. The largest absolute Gasteiger partial charge is 0.376 e. The van der Waals surface area contributed by atoms with Crippen LogP contribution in [-0.4, -0.2) is 26.5 Å². The first-order valence-electron chi connectivity index (χ1n) is 6.88. The molecule has 0 aromatic heterocycles. The summed E-state index contributed by atoms with van der Waals surface area (Å²) in [7, 11) is 3.85. The molecule has 4 nitrogen and oxygen atoms in total. The second-order valence-corrected chi connectivity index (χ2v) is 5.64. The Morgan fingerprint density at radius 2 is 1.95 bits per heavy atom. The van der Waals surface area contributed by atoms with E-state index >= 15 is 0 Å². The summed E-state index contributed by atoms with van der Waals surface area (Å²) in [5.41, 5.74) is 6.92. The molecule has 0 bridgehead atoms. The molecule has 1 amide bonds. The number of carbonyl (C=O) groups excluding carboxylic acids is 1. The second kappa shape index (κ2) is 6.95. The maximum Gasteiger partial charge on any atom is 0.231 e. The van der Waals surface area contributed by atoms with E-state index in [4.69, 9.17) is 17.3 Å². The Morgan fingerprint density at radius 1 is 1.35 bits per heavy atom. The van der Waals surface area contributed by atoms with Crippen LogP contribution < -0.4 is 16.0 Å². The molecule has 112 valence electrons. The lowest BCUT2D eigenvalue weighted by Crippen LogP contribution is -2.41. The van der Waals surface area contributed by atoms with Crippen molar-refractivity contribution in [2.45, 2.75) is 26.7 Å². The minimum atomic E-state index is -0.522. The van der Waals surface area contributed by atoms with Crippen molar-refractivity contribution in [2.24, 2.45) is 11.1 Å². The lowest BCUT2D eigenvalue weighted by atomic mass is 9.81. The zero-order valence-electron chi connectivity index (χ0n) is 12.7. The molecular weight excluding hydrogens is 274 g/mol. The Kier molecular flexibility index (Phi) is 5.84. The lowest BCUT2D eigenvalue weighted by molar-refractivity contribution is -0.125. The first kappa shape index (κ1) is 16.8. The molecule has 0 spiro atoms. The summed E-state index contributed by atoms with van der Waals surface area (Å²) >= 11 is 6.03. The van der Waals surface area contributed by atoms with Crippen LogP contribution in [0.4, 0.5) is 11.4 Å². The van der Waals surface area contributed by atoms with Gasteiger partial charge in [0, 0.05) is 25.7 Å². The highest BCUT2D eigenvalue weighted by Crippen LogP contribution is 2.32. The van der Waals surface area contributed by atoms with Crippen molar-refractivity contribution in [3.05, 3.63) is 23.2 Å². The van der Waals surface area contributed by atoms with Gasteiger partial charge in [-0.15, -0.1) is 0 Å². The highest BCUT2D eigenvalue weighted by molar-refractivity contribution is 6.31. The summed E-state index contributed by atoms with van der Waals surface area (Å²) in [4.78, 5) is 14.5.